The van der Waals surface area contributed by atoms with Crippen LogP contribution in [0.3, 0.4) is 0 Å². The quantitative estimate of drug-likeness (QED) is 0.874. The second-order valence-corrected chi connectivity index (χ2v) is 6.80. The summed E-state index contributed by atoms with van der Waals surface area (Å²) < 4.78 is 15.8. The van der Waals surface area contributed by atoms with Gasteiger partial charge in [0.1, 0.15) is 0 Å². The molecule has 1 fully saturated rings. The average molecular weight is 370 g/mol. The van der Waals surface area contributed by atoms with E-state index < -0.39 is 0 Å². The van der Waals surface area contributed by atoms with Gasteiger partial charge in [0.25, 0.3) is 5.91 Å². The molecular weight excluding hydrogens is 348 g/mol. The monoisotopic (exact) mass is 370 g/mol. The molecule has 2 aliphatic rings. The molecule has 4 rings (SSSR count). The summed E-state index contributed by atoms with van der Waals surface area (Å²) >= 11 is 0. The zero-order valence-corrected chi connectivity index (χ0v) is 15.0. The molecular formula is C20H22N2O5. The maximum Gasteiger partial charge on any atom is 0.289 e. The minimum Gasteiger partial charge on any atom is -0.459 e. The topological polar surface area (TPSA) is 81.0 Å². The Balaban J connectivity index is 1.21. The first kappa shape index (κ1) is 17.5. The second kappa shape index (κ2) is 7.73. The van der Waals surface area contributed by atoms with Crippen molar-refractivity contribution in [3.8, 4) is 11.5 Å². The first-order valence-electron chi connectivity index (χ1n) is 9.20. The number of hydrogen-bond acceptors (Lipinski definition) is 5. The Bertz CT molecular complexity index is 810. The molecule has 7 heteroatoms. The summed E-state index contributed by atoms with van der Waals surface area (Å²) in [5.41, 5.74) is 1.05. The number of carbonyl (C=O) groups is 2. The molecule has 0 radical (unpaired) electrons. The van der Waals surface area contributed by atoms with Crippen LogP contribution in [-0.2, 0) is 11.2 Å². The van der Waals surface area contributed by atoms with E-state index in [0.29, 0.717) is 31.7 Å². The van der Waals surface area contributed by atoms with E-state index in [9.17, 15) is 9.59 Å². The van der Waals surface area contributed by atoms with Gasteiger partial charge in [-0.1, -0.05) is 6.07 Å². The fraction of sp³-hybridized carbons (Fsp3) is 0.400. The van der Waals surface area contributed by atoms with Crippen LogP contribution in [0, 0.1) is 0 Å². The molecule has 1 saturated heterocycles. The minimum absolute atomic E-state index is 0.0310. The van der Waals surface area contributed by atoms with Gasteiger partial charge in [-0.25, -0.2) is 0 Å². The van der Waals surface area contributed by atoms with Crippen molar-refractivity contribution in [1.29, 1.82) is 0 Å². The van der Waals surface area contributed by atoms with Crippen LogP contribution >= 0.6 is 0 Å². The number of benzene rings is 1. The molecule has 2 aromatic rings. The molecule has 2 amide bonds. The largest absolute Gasteiger partial charge is 0.459 e. The van der Waals surface area contributed by atoms with Gasteiger partial charge < -0.3 is 24.1 Å². The fourth-order valence-corrected chi connectivity index (χ4v) is 3.44. The van der Waals surface area contributed by atoms with Gasteiger partial charge in [0.15, 0.2) is 17.3 Å². The number of nitrogens with one attached hydrogen (secondary N) is 1. The van der Waals surface area contributed by atoms with Crippen LogP contribution in [0.2, 0.25) is 0 Å². The Hall–Kier alpha value is -2.96. The van der Waals surface area contributed by atoms with E-state index in [1.54, 1.807) is 17.0 Å². The Morgan fingerprint density at radius 2 is 1.93 bits per heavy atom. The molecule has 1 aromatic heterocycles. The number of hydrogen-bond donors (Lipinski definition) is 1. The van der Waals surface area contributed by atoms with Crippen molar-refractivity contribution < 1.29 is 23.5 Å². The maximum atomic E-state index is 12.3. The number of ether oxygens (including phenoxy) is 2. The average Bonchev–Trinajstić information content (AvgIpc) is 3.38. The number of aryl methyl sites for hydroxylation is 1. The van der Waals surface area contributed by atoms with E-state index in [1.807, 2.05) is 18.2 Å². The van der Waals surface area contributed by atoms with Crippen molar-refractivity contribution in [3.63, 3.8) is 0 Å². The number of carbonyl (C=O) groups excluding carboxylic acids is 2. The van der Waals surface area contributed by atoms with Gasteiger partial charge in [-0.15, -0.1) is 0 Å². The lowest BCUT2D eigenvalue weighted by Crippen LogP contribution is -2.46. The van der Waals surface area contributed by atoms with Gasteiger partial charge >= 0.3 is 0 Å². The van der Waals surface area contributed by atoms with Crippen LogP contribution < -0.4 is 14.8 Å². The Morgan fingerprint density at radius 1 is 1.11 bits per heavy atom. The third-order valence-electron chi connectivity index (χ3n) is 4.96. The molecule has 27 heavy (non-hydrogen) atoms. The van der Waals surface area contributed by atoms with E-state index >= 15 is 0 Å². The molecule has 142 valence electrons. The number of fused-ring (bicyclic) bond motifs is 1. The van der Waals surface area contributed by atoms with E-state index in [0.717, 1.165) is 29.9 Å². The summed E-state index contributed by atoms with van der Waals surface area (Å²) in [6, 6.07) is 9.25. The number of piperidine rings is 1. The smallest absolute Gasteiger partial charge is 0.289 e. The number of amides is 2. The summed E-state index contributed by atoms with van der Waals surface area (Å²) in [4.78, 5) is 26.3. The van der Waals surface area contributed by atoms with E-state index in [1.165, 1.54) is 6.26 Å². The van der Waals surface area contributed by atoms with Crippen molar-refractivity contribution in [2.45, 2.75) is 31.7 Å². The van der Waals surface area contributed by atoms with Crippen molar-refractivity contribution in [3.05, 3.63) is 47.9 Å². The standard InChI is InChI=1S/C20H22N2O5/c23-19(6-4-14-3-5-16-18(12-14)27-13-26-16)21-15-7-9-22(10-8-15)20(24)17-2-1-11-25-17/h1-3,5,11-12,15H,4,6-10,13H2,(H,21,23). The molecule has 1 aromatic carbocycles. The Morgan fingerprint density at radius 3 is 2.70 bits per heavy atom. The van der Waals surface area contributed by atoms with Crippen molar-refractivity contribution >= 4 is 11.8 Å². The molecule has 1 N–H and O–H groups in total. The van der Waals surface area contributed by atoms with E-state index in [2.05, 4.69) is 5.32 Å². The second-order valence-electron chi connectivity index (χ2n) is 6.80. The first-order chi connectivity index (χ1) is 13.2. The van der Waals surface area contributed by atoms with Crippen molar-refractivity contribution in [2.24, 2.45) is 0 Å². The Kier molecular flexibility index (Phi) is 5.00. The molecule has 3 heterocycles. The van der Waals surface area contributed by atoms with Gasteiger partial charge in [0.2, 0.25) is 12.7 Å². The summed E-state index contributed by atoms with van der Waals surface area (Å²) in [6.45, 7) is 1.49. The Labute approximate surface area is 157 Å². The van der Waals surface area contributed by atoms with Crippen LogP contribution in [-0.4, -0.2) is 42.6 Å². The zero-order valence-electron chi connectivity index (χ0n) is 15.0. The molecule has 0 bridgehead atoms. The molecule has 0 saturated carbocycles. The highest BCUT2D eigenvalue weighted by Crippen LogP contribution is 2.32. The third-order valence-corrected chi connectivity index (χ3v) is 4.96. The van der Waals surface area contributed by atoms with Crippen molar-refractivity contribution in [2.75, 3.05) is 19.9 Å². The van der Waals surface area contributed by atoms with Gasteiger partial charge in [-0.3, -0.25) is 9.59 Å². The third kappa shape index (κ3) is 4.07. The predicted octanol–water partition coefficient (Wildman–Crippen LogP) is 2.36. The summed E-state index contributed by atoms with van der Waals surface area (Å²) in [5, 5.41) is 3.08. The molecule has 0 atom stereocenters. The van der Waals surface area contributed by atoms with Crippen LogP contribution in [0.4, 0.5) is 0 Å². The van der Waals surface area contributed by atoms with Gasteiger partial charge in [0, 0.05) is 25.6 Å². The van der Waals surface area contributed by atoms with Crippen LogP contribution in [0.1, 0.15) is 35.4 Å². The van der Waals surface area contributed by atoms with Crippen LogP contribution in [0.5, 0.6) is 11.5 Å². The highest BCUT2D eigenvalue weighted by atomic mass is 16.7. The number of nitrogens with zero attached hydrogens (tertiary/aromatic N) is 1. The zero-order chi connectivity index (χ0) is 18.6. The lowest BCUT2D eigenvalue weighted by atomic mass is 10.0. The first-order valence-corrected chi connectivity index (χ1v) is 9.20. The molecule has 0 aliphatic carbocycles. The highest BCUT2D eigenvalue weighted by Gasteiger charge is 2.25. The van der Waals surface area contributed by atoms with Gasteiger partial charge in [-0.2, -0.15) is 0 Å². The molecule has 7 nitrogen and oxygen atoms in total. The lowest BCUT2D eigenvalue weighted by Gasteiger charge is -2.31. The van der Waals surface area contributed by atoms with Crippen LogP contribution in [0.15, 0.2) is 41.0 Å². The fourth-order valence-electron chi connectivity index (χ4n) is 3.44. The molecule has 0 spiro atoms. The van der Waals surface area contributed by atoms with E-state index in [-0.39, 0.29) is 24.6 Å². The molecule has 0 unspecified atom stereocenters. The highest BCUT2D eigenvalue weighted by molar-refractivity contribution is 5.91. The minimum atomic E-state index is -0.0902. The van der Waals surface area contributed by atoms with E-state index in [4.69, 9.17) is 13.9 Å². The maximum absolute atomic E-state index is 12.3. The van der Waals surface area contributed by atoms with Crippen molar-refractivity contribution in [1.82, 2.24) is 10.2 Å². The van der Waals surface area contributed by atoms with Gasteiger partial charge in [0.05, 0.1) is 6.26 Å². The number of likely N-dealkylation sites (tertiary alicyclic amines) is 1. The summed E-state index contributed by atoms with van der Waals surface area (Å²) in [6.07, 6.45) is 4.08. The summed E-state index contributed by atoms with van der Waals surface area (Å²) in [7, 11) is 0. The van der Waals surface area contributed by atoms with Gasteiger partial charge in [-0.05, 0) is 49.1 Å². The number of rotatable bonds is 5. The summed E-state index contributed by atoms with van der Waals surface area (Å²) in [5.74, 6) is 1.79. The predicted molar refractivity (Wildman–Crippen MR) is 96.7 cm³/mol. The van der Waals surface area contributed by atoms with Crippen LogP contribution in [0.25, 0.3) is 0 Å². The number of furan rings is 1. The lowest BCUT2D eigenvalue weighted by molar-refractivity contribution is -0.122. The normalized spacial score (nSPS) is 16.4. The molecule has 2 aliphatic heterocycles. The SMILES string of the molecule is O=C(CCc1ccc2c(c1)OCO2)NC1CCN(C(=O)c2ccco2)CC1.